The van der Waals surface area contributed by atoms with Crippen molar-refractivity contribution in [1.29, 1.82) is 0 Å². The summed E-state index contributed by atoms with van der Waals surface area (Å²) in [4.78, 5) is 22.3. The van der Waals surface area contributed by atoms with Crippen LogP contribution in [0.5, 0.6) is 0 Å². The first-order valence-electron chi connectivity index (χ1n) is 7.00. The largest absolute Gasteiger partial charge is 0.447 e. The van der Waals surface area contributed by atoms with Gasteiger partial charge in [0.15, 0.2) is 0 Å². The topological polar surface area (TPSA) is 85.9 Å². The summed E-state index contributed by atoms with van der Waals surface area (Å²) in [6, 6.07) is 0. The molecule has 0 rings (SSSR count). The predicted octanol–water partition coefficient (Wildman–Crippen LogP) is 1.66. The van der Waals surface area contributed by atoms with Crippen LogP contribution >= 0.6 is 0 Å². The Bertz CT molecular complexity index is 273. The number of hydrogen-bond acceptors (Lipinski definition) is 5. The van der Waals surface area contributed by atoms with E-state index in [1.807, 2.05) is 13.8 Å². The lowest BCUT2D eigenvalue weighted by atomic mass is 10.3. The summed E-state index contributed by atoms with van der Waals surface area (Å²) < 4.78 is 15.4. The molecule has 0 saturated carbocycles. The Kier molecular flexibility index (Phi) is 11.6. The highest BCUT2D eigenvalue weighted by Gasteiger charge is 2.14. The summed E-state index contributed by atoms with van der Waals surface area (Å²) in [5.41, 5.74) is 0. The van der Waals surface area contributed by atoms with E-state index in [-0.39, 0.29) is 13.2 Å². The van der Waals surface area contributed by atoms with Crippen LogP contribution in [0.25, 0.3) is 0 Å². The minimum atomic E-state index is -0.537. The van der Waals surface area contributed by atoms with E-state index < -0.39 is 18.3 Å². The summed E-state index contributed by atoms with van der Waals surface area (Å²) in [6.45, 7) is 5.20. The molecule has 2 amide bonds. The third kappa shape index (κ3) is 10.4. The van der Waals surface area contributed by atoms with Crippen LogP contribution in [0.2, 0.25) is 0 Å². The Morgan fingerprint density at radius 1 is 1.05 bits per heavy atom. The van der Waals surface area contributed by atoms with Gasteiger partial charge >= 0.3 is 12.2 Å². The molecule has 0 aliphatic rings. The quantitative estimate of drug-likeness (QED) is 0.598. The summed E-state index contributed by atoms with van der Waals surface area (Å²) in [6.07, 6.45) is 1.26. The first-order valence-corrected chi connectivity index (χ1v) is 7.00. The van der Waals surface area contributed by atoms with E-state index in [0.717, 1.165) is 19.3 Å². The average molecular weight is 290 g/mol. The molecule has 0 fully saturated rings. The van der Waals surface area contributed by atoms with E-state index in [0.29, 0.717) is 13.2 Å². The highest BCUT2D eigenvalue weighted by molar-refractivity contribution is 5.67. The summed E-state index contributed by atoms with van der Waals surface area (Å²) >= 11 is 0. The molecule has 1 atom stereocenters. The molecule has 118 valence electrons. The molecule has 0 aliphatic carbocycles. The van der Waals surface area contributed by atoms with Crippen molar-refractivity contribution < 1.29 is 23.8 Å². The molecular weight excluding hydrogens is 264 g/mol. The van der Waals surface area contributed by atoms with Crippen LogP contribution < -0.4 is 10.6 Å². The third-order valence-electron chi connectivity index (χ3n) is 2.38. The molecule has 0 radical (unpaired) electrons. The lowest BCUT2D eigenvalue weighted by molar-refractivity contribution is -0.0291. The summed E-state index contributed by atoms with van der Waals surface area (Å²) in [5, 5.41) is 4.94. The van der Waals surface area contributed by atoms with E-state index in [2.05, 4.69) is 10.6 Å². The van der Waals surface area contributed by atoms with E-state index in [1.54, 1.807) is 0 Å². The zero-order valence-corrected chi connectivity index (χ0v) is 12.6. The minimum Gasteiger partial charge on any atom is -0.447 e. The second-order valence-corrected chi connectivity index (χ2v) is 4.22. The maximum Gasteiger partial charge on any atom is 0.407 e. The Balaban J connectivity index is 4.02. The molecule has 20 heavy (non-hydrogen) atoms. The Hall–Kier alpha value is -1.50. The average Bonchev–Trinajstić information content (AvgIpc) is 2.46. The van der Waals surface area contributed by atoms with Crippen LogP contribution in [0.15, 0.2) is 0 Å². The fourth-order valence-electron chi connectivity index (χ4n) is 1.23. The number of alkyl carbamates (subject to hydrolysis) is 2. The molecule has 0 spiro atoms. The van der Waals surface area contributed by atoms with Crippen LogP contribution in [0, 0.1) is 0 Å². The molecule has 0 saturated heterocycles. The zero-order chi connectivity index (χ0) is 15.2. The van der Waals surface area contributed by atoms with Crippen LogP contribution in [0.3, 0.4) is 0 Å². The molecule has 1 unspecified atom stereocenters. The number of amides is 2. The lowest BCUT2D eigenvalue weighted by Gasteiger charge is -2.18. The minimum absolute atomic E-state index is 0.0461. The standard InChI is InChI=1S/C13H26N2O5/c1-4-6-8-18-11(9-19-12(16)14-3)10-20-13(17)15-7-5-2/h11H,4-10H2,1-3H3,(H,14,16)(H,15,17). The van der Waals surface area contributed by atoms with Crippen molar-refractivity contribution in [3.63, 3.8) is 0 Å². The second kappa shape index (κ2) is 12.5. The summed E-state index contributed by atoms with van der Waals surface area (Å²) in [5.74, 6) is 0. The molecule has 0 aromatic carbocycles. The van der Waals surface area contributed by atoms with Crippen molar-refractivity contribution in [2.75, 3.05) is 33.4 Å². The lowest BCUT2D eigenvalue weighted by Crippen LogP contribution is -2.33. The van der Waals surface area contributed by atoms with Gasteiger partial charge in [-0.2, -0.15) is 0 Å². The molecule has 0 aromatic heterocycles. The van der Waals surface area contributed by atoms with Crippen molar-refractivity contribution in [2.24, 2.45) is 0 Å². The van der Waals surface area contributed by atoms with Gasteiger partial charge < -0.3 is 24.8 Å². The first kappa shape index (κ1) is 18.5. The third-order valence-corrected chi connectivity index (χ3v) is 2.38. The van der Waals surface area contributed by atoms with E-state index >= 15 is 0 Å². The monoisotopic (exact) mass is 290 g/mol. The van der Waals surface area contributed by atoms with Crippen LogP contribution in [0.1, 0.15) is 33.1 Å². The number of ether oxygens (including phenoxy) is 3. The van der Waals surface area contributed by atoms with Crippen molar-refractivity contribution in [2.45, 2.75) is 39.2 Å². The SMILES string of the molecule is CCCCOC(COC(=O)NC)COC(=O)NCCC. The normalized spacial score (nSPS) is 11.6. The highest BCUT2D eigenvalue weighted by atomic mass is 16.6. The van der Waals surface area contributed by atoms with Crippen molar-refractivity contribution in [3.8, 4) is 0 Å². The van der Waals surface area contributed by atoms with Crippen molar-refractivity contribution in [3.05, 3.63) is 0 Å². The maximum absolute atomic E-state index is 11.3. The second-order valence-electron chi connectivity index (χ2n) is 4.22. The number of nitrogens with one attached hydrogen (secondary N) is 2. The molecule has 0 aliphatic heterocycles. The highest BCUT2D eigenvalue weighted by Crippen LogP contribution is 1.99. The predicted molar refractivity (Wildman–Crippen MR) is 74.7 cm³/mol. The molecule has 0 aromatic rings. The molecule has 7 nitrogen and oxygen atoms in total. The Labute approximate surface area is 120 Å². The fourth-order valence-corrected chi connectivity index (χ4v) is 1.23. The maximum atomic E-state index is 11.3. The number of rotatable bonds is 10. The Morgan fingerprint density at radius 3 is 2.25 bits per heavy atom. The molecular formula is C13H26N2O5. The molecule has 0 heterocycles. The summed E-state index contributed by atoms with van der Waals surface area (Å²) in [7, 11) is 1.48. The van der Waals surface area contributed by atoms with Gasteiger partial charge in [-0.3, -0.25) is 0 Å². The fraction of sp³-hybridized carbons (Fsp3) is 0.846. The van der Waals surface area contributed by atoms with Gasteiger partial charge in [-0.15, -0.1) is 0 Å². The van der Waals surface area contributed by atoms with Crippen molar-refractivity contribution in [1.82, 2.24) is 10.6 Å². The molecule has 0 bridgehead atoms. The van der Waals surface area contributed by atoms with Crippen LogP contribution in [0.4, 0.5) is 9.59 Å². The van der Waals surface area contributed by atoms with Gasteiger partial charge in [0.2, 0.25) is 0 Å². The Morgan fingerprint density at radius 2 is 1.70 bits per heavy atom. The molecule has 2 N–H and O–H groups in total. The number of carbonyl (C=O) groups excluding carboxylic acids is 2. The van der Waals surface area contributed by atoms with Gasteiger partial charge in [0.1, 0.15) is 19.3 Å². The van der Waals surface area contributed by atoms with Gasteiger partial charge in [0.25, 0.3) is 0 Å². The molecule has 7 heteroatoms. The number of hydrogen-bond donors (Lipinski definition) is 2. The van der Waals surface area contributed by atoms with Gasteiger partial charge in [-0.25, -0.2) is 9.59 Å². The first-order chi connectivity index (χ1) is 9.63. The van der Waals surface area contributed by atoms with Crippen LogP contribution in [-0.4, -0.2) is 51.7 Å². The van der Waals surface area contributed by atoms with E-state index in [1.165, 1.54) is 7.05 Å². The van der Waals surface area contributed by atoms with Crippen LogP contribution in [-0.2, 0) is 14.2 Å². The van der Waals surface area contributed by atoms with Gasteiger partial charge in [0, 0.05) is 20.2 Å². The smallest absolute Gasteiger partial charge is 0.407 e. The van der Waals surface area contributed by atoms with Gasteiger partial charge in [0.05, 0.1) is 0 Å². The van der Waals surface area contributed by atoms with Gasteiger partial charge in [-0.05, 0) is 12.8 Å². The van der Waals surface area contributed by atoms with Gasteiger partial charge in [-0.1, -0.05) is 20.3 Å². The van der Waals surface area contributed by atoms with E-state index in [4.69, 9.17) is 14.2 Å². The number of carbonyl (C=O) groups is 2. The zero-order valence-electron chi connectivity index (χ0n) is 12.6. The number of unbranched alkanes of at least 4 members (excludes halogenated alkanes) is 1. The van der Waals surface area contributed by atoms with Crippen molar-refractivity contribution >= 4 is 12.2 Å². The van der Waals surface area contributed by atoms with E-state index in [9.17, 15) is 9.59 Å².